The lowest BCUT2D eigenvalue weighted by Crippen LogP contribution is -2.31. The molecule has 6 heterocycles. The van der Waals surface area contributed by atoms with Gasteiger partial charge in [-0.2, -0.15) is 15.2 Å². The number of hydrogen-bond donors (Lipinski definition) is 1. The molecule has 11 nitrogen and oxygen atoms in total. The predicted molar refractivity (Wildman–Crippen MR) is 127 cm³/mol. The summed E-state index contributed by atoms with van der Waals surface area (Å²) in [7, 11) is 4.06. The molecule has 0 amide bonds. The van der Waals surface area contributed by atoms with Crippen molar-refractivity contribution in [3.63, 3.8) is 0 Å². The number of fused-ring (bicyclic) bond motifs is 1. The first kappa shape index (κ1) is 21.1. The van der Waals surface area contributed by atoms with E-state index in [1.54, 1.807) is 4.68 Å². The monoisotopic (exact) mass is 463 g/mol. The minimum absolute atomic E-state index is 0.0321. The maximum atomic E-state index is 6.32. The molecule has 0 unspecified atom stereocenters. The molecule has 178 valence electrons. The molecular weight excluding hydrogens is 434 g/mol. The lowest BCUT2D eigenvalue weighted by atomic mass is 10.1. The van der Waals surface area contributed by atoms with Gasteiger partial charge in [0, 0.05) is 32.1 Å². The van der Waals surface area contributed by atoms with Crippen molar-refractivity contribution in [2.75, 3.05) is 38.7 Å². The van der Waals surface area contributed by atoms with Gasteiger partial charge in [-0.05, 0) is 39.0 Å². The first-order valence-electron chi connectivity index (χ1n) is 11.7. The summed E-state index contributed by atoms with van der Waals surface area (Å²) in [4.78, 5) is 11.9. The molecule has 0 saturated carbocycles. The van der Waals surface area contributed by atoms with Crippen molar-refractivity contribution in [3.8, 4) is 11.6 Å². The van der Waals surface area contributed by atoms with Crippen LogP contribution in [0.1, 0.15) is 25.3 Å². The normalized spacial score (nSPS) is 19.8. The van der Waals surface area contributed by atoms with Gasteiger partial charge >= 0.3 is 0 Å². The SMILES string of the molecule is CN1CCC(n2cc(Nc3nc(O[C@H]4CCOC4)c4c(ccn4-c4cnn(C)c4)n3)cn2)CC1. The zero-order valence-corrected chi connectivity index (χ0v) is 19.5. The van der Waals surface area contributed by atoms with E-state index in [0.29, 0.717) is 31.1 Å². The molecule has 34 heavy (non-hydrogen) atoms. The van der Waals surface area contributed by atoms with Gasteiger partial charge in [0.1, 0.15) is 11.6 Å². The van der Waals surface area contributed by atoms with E-state index in [4.69, 9.17) is 19.4 Å². The highest BCUT2D eigenvalue weighted by Gasteiger charge is 2.23. The Balaban J connectivity index is 1.31. The largest absolute Gasteiger partial charge is 0.470 e. The Hall–Kier alpha value is -3.44. The predicted octanol–water partition coefficient (Wildman–Crippen LogP) is 2.53. The van der Waals surface area contributed by atoms with E-state index in [1.165, 1.54) is 0 Å². The van der Waals surface area contributed by atoms with Gasteiger partial charge in [-0.3, -0.25) is 9.36 Å². The molecule has 2 saturated heterocycles. The molecule has 1 N–H and O–H groups in total. The number of anilines is 2. The van der Waals surface area contributed by atoms with Crippen LogP contribution in [0.15, 0.2) is 37.1 Å². The number of ether oxygens (including phenoxy) is 2. The highest BCUT2D eigenvalue weighted by molar-refractivity contribution is 5.84. The Kier molecular flexibility index (Phi) is 5.42. The molecule has 0 spiro atoms. The third kappa shape index (κ3) is 4.12. The van der Waals surface area contributed by atoms with Gasteiger partial charge in [-0.15, -0.1) is 0 Å². The molecule has 0 radical (unpaired) electrons. The zero-order chi connectivity index (χ0) is 23.1. The average molecular weight is 464 g/mol. The second-order valence-corrected chi connectivity index (χ2v) is 9.12. The number of aromatic nitrogens is 7. The molecule has 0 aliphatic carbocycles. The van der Waals surface area contributed by atoms with Gasteiger partial charge in [0.2, 0.25) is 11.8 Å². The Bertz CT molecular complexity index is 1280. The smallest absolute Gasteiger partial charge is 0.244 e. The summed E-state index contributed by atoms with van der Waals surface area (Å²) in [6.07, 6.45) is 12.6. The summed E-state index contributed by atoms with van der Waals surface area (Å²) < 4.78 is 17.7. The lowest BCUT2D eigenvalue weighted by Gasteiger charge is -2.28. The number of aryl methyl sites for hydroxylation is 1. The van der Waals surface area contributed by atoms with Crippen LogP contribution in [0.4, 0.5) is 11.6 Å². The van der Waals surface area contributed by atoms with Crippen LogP contribution in [0.2, 0.25) is 0 Å². The molecule has 4 aromatic rings. The summed E-state index contributed by atoms with van der Waals surface area (Å²) in [6.45, 7) is 3.44. The van der Waals surface area contributed by atoms with E-state index in [2.05, 4.69) is 32.1 Å². The van der Waals surface area contributed by atoms with Gasteiger partial charge in [0.15, 0.2) is 0 Å². The number of likely N-dealkylation sites (tertiary alicyclic amines) is 1. The fourth-order valence-electron chi connectivity index (χ4n) is 4.65. The van der Waals surface area contributed by atoms with Crippen LogP contribution < -0.4 is 10.1 Å². The summed E-state index contributed by atoms with van der Waals surface area (Å²) in [5.74, 6) is 1.01. The lowest BCUT2D eigenvalue weighted by molar-refractivity contribution is 0.139. The first-order chi connectivity index (χ1) is 16.6. The zero-order valence-electron chi connectivity index (χ0n) is 19.5. The number of hydrogen-bond acceptors (Lipinski definition) is 8. The molecule has 2 fully saturated rings. The Morgan fingerprint density at radius 3 is 2.71 bits per heavy atom. The van der Waals surface area contributed by atoms with Crippen LogP contribution in [-0.2, 0) is 11.8 Å². The highest BCUT2D eigenvalue weighted by Crippen LogP contribution is 2.31. The summed E-state index contributed by atoms with van der Waals surface area (Å²) in [6, 6.07) is 2.39. The standard InChI is InChI=1S/C23H29N9O2/c1-29-7-3-17(4-8-29)32-13-16(11-25-32)26-23-27-20-5-9-31(18-12-24-30(2)14-18)21(20)22(28-23)34-19-6-10-33-15-19/h5,9,11-14,17,19H,3-4,6-8,10,15H2,1-2H3,(H,26,27,28)/t19-/m0/s1. The Morgan fingerprint density at radius 1 is 1.06 bits per heavy atom. The van der Waals surface area contributed by atoms with Gasteiger partial charge in [-0.25, -0.2) is 4.98 Å². The van der Waals surface area contributed by atoms with Crippen molar-refractivity contribution in [2.45, 2.75) is 31.4 Å². The number of nitrogens with one attached hydrogen (secondary N) is 1. The van der Waals surface area contributed by atoms with Crippen molar-refractivity contribution in [2.24, 2.45) is 7.05 Å². The molecule has 6 rings (SSSR count). The second-order valence-electron chi connectivity index (χ2n) is 9.12. The van der Waals surface area contributed by atoms with Crippen LogP contribution in [0.25, 0.3) is 16.7 Å². The Labute approximate surface area is 197 Å². The third-order valence-electron chi connectivity index (χ3n) is 6.56. The molecular formula is C23H29N9O2. The maximum Gasteiger partial charge on any atom is 0.244 e. The van der Waals surface area contributed by atoms with E-state index in [0.717, 1.165) is 54.8 Å². The molecule has 4 aromatic heterocycles. The van der Waals surface area contributed by atoms with Crippen LogP contribution in [0, 0.1) is 0 Å². The fraction of sp³-hybridized carbons (Fsp3) is 0.478. The maximum absolute atomic E-state index is 6.32. The van der Waals surface area contributed by atoms with Crippen molar-refractivity contribution in [1.82, 2.24) is 39.0 Å². The quantitative estimate of drug-likeness (QED) is 0.466. The van der Waals surface area contributed by atoms with Gasteiger partial charge in [-0.1, -0.05) is 0 Å². The van der Waals surface area contributed by atoms with Crippen molar-refractivity contribution in [1.29, 1.82) is 0 Å². The second kappa shape index (κ2) is 8.73. The van der Waals surface area contributed by atoms with Crippen LogP contribution in [0.5, 0.6) is 5.88 Å². The number of piperidine rings is 1. The van der Waals surface area contributed by atoms with E-state index >= 15 is 0 Å². The van der Waals surface area contributed by atoms with Crippen molar-refractivity contribution >= 4 is 22.7 Å². The minimum Gasteiger partial charge on any atom is -0.470 e. The topological polar surface area (TPSA) is 100 Å². The van der Waals surface area contributed by atoms with Crippen LogP contribution >= 0.6 is 0 Å². The van der Waals surface area contributed by atoms with Crippen LogP contribution in [-0.4, -0.2) is 78.5 Å². The summed E-state index contributed by atoms with van der Waals surface area (Å²) >= 11 is 0. The summed E-state index contributed by atoms with van der Waals surface area (Å²) in [5, 5.41) is 12.2. The van der Waals surface area contributed by atoms with E-state index in [-0.39, 0.29) is 6.10 Å². The van der Waals surface area contributed by atoms with Gasteiger partial charge in [0.25, 0.3) is 0 Å². The molecule has 11 heteroatoms. The average Bonchev–Trinajstić information content (AvgIpc) is 3.62. The van der Waals surface area contributed by atoms with Crippen molar-refractivity contribution in [3.05, 3.63) is 37.1 Å². The molecule has 2 aliphatic rings. The first-order valence-corrected chi connectivity index (χ1v) is 11.7. The summed E-state index contributed by atoms with van der Waals surface area (Å²) in [5.41, 5.74) is 3.39. The van der Waals surface area contributed by atoms with Gasteiger partial charge in [0.05, 0.1) is 48.5 Å². The van der Waals surface area contributed by atoms with E-state index in [1.807, 2.05) is 48.7 Å². The van der Waals surface area contributed by atoms with Gasteiger partial charge < -0.3 is 24.3 Å². The highest BCUT2D eigenvalue weighted by atomic mass is 16.5. The van der Waals surface area contributed by atoms with Crippen LogP contribution in [0.3, 0.4) is 0 Å². The van der Waals surface area contributed by atoms with E-state index < -0.39 is 0 Å². The Morgan fingerprint density at radius 2 is 1.94 bits per heavy atom. The number of nitrogens with zero attached hydrogens (tertiary/aromatic N) is 8. The molecule has 0 bridgehead atoms. The molecule has 0 aromatic carbocycles. The molecule has 1 atom stereocenters. The third-order valence-corrected chi connectivity index (χ3v) is 6.56. The van der Waals surface area contributed by atoms with Crippen molar-refractivity contribution < 1.29 is 9.47 Å². The number of rotatable bonds is 6. The van der Waals surface area contributed by atoms with E-state index in [9.17, 15) is 0 Å². The molecule has 2 aliphatic heterocycles. The minimum atomic E-state index is -0.0321. The fourth-order valence-corrected chi connectivity index (χ4v) is 4.65.